The minimum Gasteiger partial charge on any atom is -0.387 e. The number of amides is 2. The minimum atomic E-state index is -1.80. The van der Waals surface area contributed by atoms with Crippen LogP contribution in [0.4, 0.5) is 0 Å². The van der Waals surface area contributed by atoms with Gasteiger partial charge in [0.25, 0.3) is 5.91 Å². The molecule has 1 saturated heterocycles. The third kappa shape index (κ3) is 2.54. The highest BCUT2D eigenvalue weighted by molar-refractivity contribution is 5.96. The van der Waals surface area contributed by atoms with Crippen molar-refractivity contribution in [2.45, 2.75) is 37.6 Å². The lowest BCUT2D eigenvalue weighted by Gasteiger charge is -2.37. The van der Waals surface area contributed by atoms with E-state index >= 15 is 0 Å². The molecule has 8 heteroatoms. The van der Waals surface area contributed by atoms with Gasteiger partial charge in [0, 0.05) is 6.92 Å². The molecule has 1 fully saturated rings. The zero-order valence-electron chi connectivity index (χ0n) is 8.40. The lowest BCUT2D eigenvalue weighted by atomic mass is 9.98. The van der Waals surface area contributed by atoms with Crippen molar-refractivity contribution in [2.24, 2.45) is 0 Å². The molecule has 0 aromatic heterocycles. The molecular weight excluding hydrogens is 222 g/mol. The van der Waals surface area contributed by atoms with Gasteiger partial charge in [0.2, 0.25) is 5.91 Å². The summed E-state index contributed by atoms with van der Waals surface area (Å²) in [6.45, 7) is 1.08. The van der Waals surface area contributed by atoms with Gasteiger partial charge in [-0.25, -0.2) is 0 Å². The molecule has 0 spiro atoms. The molecule has 16 heavy (non-hydrogen) atoms. The number of rotatable bonds is 1. The van der Waals surface area contributed by atoms with Gasteiger partial charge in [-0.15, -0.1) is 0 Å². The van der Waals surface area contributed by atoms with E-state index in [-0.39, 0.29) is 0 Å². The van der Waals surface area contributed by atoms with Crippen LogP contribution in [0.15, 0.2) is 0 Å². The maximum absolute atomic E-state index is 11.3. The smallest absolute Gasteiger partial charge is 0.258 e. The topological polar surface area (TPSA) is 136 Å². The number of imide groups is 1. The number of hydrogen-bond acceptors (Lipinski definition) is 7. The highest BCUT2D eigenvalue weighted by Crippen LogP contribution is 2.19. The molecule has 0 aromatic rings. The summed E-state index contributed by atoms with van der Waals surface area (Å²) in [5.74, 6) is -1.67. The first-order valence-electron chi connectivity index (χ1n) is 4.53. The molecule has 92 valence electrons. The molecule has 1 aliphatic heterocycles. The first-order chi connectivity index (χ1) is 7.34. The predicted octanol–water partition coefficient (Wildman–Crippen LogP) is -3.55. The van der Waals surface area contributed by atoms with E-state index in [0.717, 1.165) is 6.92 Å². The molecule has 8 nitrogen and oxygen atoms in total. The number of ether oxygens (including phenoxy) is 1. The van der Waals surface area contributed by atoms with Gasteiger partial charge in [-0.3, -0.25) is 14.9 Å². The second-order valence-corrected chi connectivity index (χ2v) is 3.46. The second-order valence-electron chi connectivity index (χ2n) is 3.46. The number of carbonyl (C=O) groups is 2. The van der Waals surface area contributed by atoms with Crippen molar-refractivity contribution in [2.75, 3.05) is 0 Å². The first kappa shape index (κ1) is 13.0. The van der Waals surface area contributed by atoms with Gasteiger partial charge in [0.05, 0.1) is 0 Å². The van der Waals surface area contributed by atoms with E-state index in [1.54, 1.807) is 0 Å². The fourth-order valence-electron chi connectivity index (χ4n) is 1.32. The van der Waals surface area contributed by atoms with Crippen LogP contribution in [0, 0.1) is 0 Å². The van der Waals surface area contributed by atoms with Crippen LogP contribution in [0.5, 0.6) is 0 Å². The van der Waals surface area contributed by atoms with Crippen LogP contribution in [0.1, 0.15) is 6.92 Å². The quantitative estimate of drug-likeness (QED) is 0.317. The van der Waals surface area contributed by atoms with Crippen molar-refractivity contribution in [3.8, 4) is 0 Å². The van der Waals surface area contributed by atoms with Crippen LogP contribution in [-0.4, -0.2) is 62.9 Å². The summed E-state index contributed by atoms with van der Waals surface area (Å²) in [5.41, 5.74) is 0. The zero-order chi connectivity index (χ0) is 12.5. The molecule has 0 saturated carbocycles. The van der Waals surface area contributed by atoms with E-state index in [1.165, 1.54) is 0 Å². The molecule has 0 unspecified atom stereocenters. The van der Waals surface area contributed by atoms with Crippen LogP contribution in [-0.2, 0) is 14.3 Å². The Morgan fingerprint density at radius 3 is 2.12 bits per heavy atom. The number of aliphatic hydroxyl groups is 4. The Morgan fingerprint density at radius 1 is 1.06 bits per heavy atom. The average Bonchev–Trinajstić information content (AvgIpc) is 2.19. The highest BCUT2D eigenvalue weighted by Gasteiger charge is 2.46. The summed E-state index contributed by atoms with van der Waals surface area (Å²) < 4.78 is 4.58. The van der Waals surface area contributed by atoms with Crippen molar-refractivity contribution in [3.63, 3.8) is 0 Å². The molecular formula is C8H13NO7. The Kier molecular flexibility index (Phi) is 3.94. The predicted molar refractivity (Wildman–Crippen MR) is 47.7 cm³/mol. The zero-order valence-corrected chi connectivity index (χ0v) is 8.40. The fourth-order valence-corrected chi connectivity index (χ4v) is 1.32. The van der Waals surface area contributed by atoms with Crippen LogP contribution in [0.3, 0.4) is 0 Å². The van der Waals surface area contributed by atoms with E-state index in [9.17, 15) is 19.8 Å². The Balaban J connectivity index is 2.73. The van der Waals surface area contributed by atoms with Crippen LogP contribution >= 0.6 is 0 Å². The van der Waals surface area contributed by atoms with Gasteiger partial charge in [-0.1, -0.05) is 0 Å². The Bertz CT molecular complexity index is 294. The van der Waals surface area contributed by atoms with E-state index in [1.807, 2.05) is 5.32 Å². The SMILES string of the molecule is CC(=O)NC(=O)[C@H]1O[C@@H](O)[C@H](O)[C@@H](O)[C@@H]1O. The van der Waals surface area contributed by atoms with E-state index in [4.69, 9.17) is 10.2 Å². The van der Waals surface area contributed by atoms with Crippen LogP contribution < -0.4 is 5.32 Å². The van der Waals surface area contributed by atoms with Gasteiger partial charge < -0.3 is 25.2 Å². The maximum atomic E-state index is 11.3. The number of hydrogen-bond donors (Lipinski definition) is 5. The fraction of sp³-hybridized carbons (Fsp3) is 0.750. The summed E-state index contributed by atoms with van der Waals surface area (Å²) in [4.78, 5) is 21.9. The summed E-state index contributed by atoms with van der Waals surface area (Å²) >= 11 is 0. The average molecular weight is 235 g/mol. The highest BCUT2D eigenvalue weighted by atomic mass is 16.6. The first-order valence-corrected chi connectivity index (χ1v) is 4.53. The molecule has 0 bridgehead atoms. The third-order valence-electron chi connectivity index (χ3n) is 2.15. The molecule has 1 aliphatic rings. The van der Waals surface area contributed by atoms with Gasteiger partial charge in [-0.2, -0.15) is 0 Å². The van der Waals surface area contributed by atoms with Gasteiger partial charge >= 0.3 is 0 Å². The molecule has 0 aliphatic carbocycles. The molecule has 2 amide bonds. The standard InChI is InChI=1S/C8H13NO7/c1-2(10)9-7(14)6-4(12)3(11)5(13)8(15)16-6/h3-6,8,11-13,15H,1H3,(H,9,10,14)/t3-,4-,5+,6-,8+/m0/s1. The Labute approximate surface area is 90.5 Å². The minimum absolute atomic E-state index is 0.670. The van der Waals surface area contributed by atoms with Gasteiger partial charge in [0.1, 0.15) is 18.3 Å². The van der Waals surface area contributed by atoms with Crippen LogP contribution in [0.2, 0.25) is 0 Å². The van der Waals surface area contributed by atoms with Gasteiger partial charge in [-0.05, 0) is 0 Å². The number of nitrogens with one attached hydrogen (secondary N) is 1. The summed E-state index contributed by atoms with van der Waals surface area (Å²) in [6, 6.07) is 0. The molecule has 5 atom stereocenters. The van der Waals surface area contributed by atoms with E-state index < -0.39 is 42.5 Å². The lowest BCUT2D eigenvalue weighted by molar-refractivity contribution is -0.275. The van der Waals surface area contributed by atoms with Crippen LogP contribution in [0.25, 0.3) is 0 Å². The molecule has 1 rings (SSSR count). The lowest BCUT2D eigenvalue weighted by Crippen LogP contribution is -2.61. The van der Waals surface area contributed by atoms with Crippen molar-refractivity contribution < 1.29 is 34.8 Å². The largest absolute Gasteiger partial charge is 0.387 e. The second kappa shape index (κ2) is 4.85. The Morgan fingerprint density at radius 2 is 1.62 bits per heavy atom. The van der Waals surface area contributed by atoms with Crippen molar-refractivity contribution in [1.29, 1.82) is 0 Å². The Hall–Kier alpha value is -1.06. The van der Waals surface area contributed by atoms with E-state index in [2.05, 4.69) is 4.74 Å². The number of carbonyl (C=O) groups excluding carboxylic acids is 2. The number of aliphatic hydroxyl groups excluding tert-OH is 4. The summed E-state index contributed by atoms with van der Waals surface area (Å²) in [7, 11) is 0. The maximum Gasteiger partial charge on any atom is 0.258 e. The summed E-state index contributed by atoms with van der Waals surface area (Å²) in [6.07, 6.45) is -8.58. The molecule has 0 radical (unpaired) electrons. The molecule has 5 N–H and O–H groups in total. The monoisotopic (exact) mass is 235 g/mol. The van der Waals surface area contributed by atoms with Crippen molar-refractivity contribution in [3.05, 3.63) is 0 Å². The van der Waals surface area contributed by atoms with E-state index in [0.29, 0.717) is 0 Å². The van der Waals surface area contributed by atoms with Gasteiger partial charge in [0.15, 0.2) is 12.4 Å². The molecule has 0 aromatic carbocycles. The molecule has 1 heterocycles. The normalized spacial score (nSPS) is 39.2. The summed E-state index contributed by atoms with van der Waals surface area (Å²) in [5, 5.41) is 38.7. The van der Waals surface area contributed by atoms with Crippen molar-refractivity contribution in [1.82, 2.24) is 5.32 Å². The third-order valence-corrected chi connectivity index (χ3v) is 2.15. The van der Waals surface area contributed by atoms with Crippen molar-refractivity contribution >= 4 is 11.8 Å².